The van der Waals surface area contributed by atoms with Gasteiger partial charge >= 0.3 is 0 Å². The molecule has 0 saturated carbocycles. The molecule has 0 bridgehead atoms. The minimum Gasteiger partial charge on any atom is -0.344 e. The lowest BCUT2D eigenvalue weighted by Crippen LogP contribution is -2.09. The molecule has 10 nitrogen and oxygen atoms in total. The van der Waals surface area contributed by atoms with E-state index in [1.54, 1.807) is 0 Å². The van der Waals surface area contributed by atoms with E-state index in [1.165, 1.54) is 18.2 Å². The molecule has 0 aliphatic rings. The number of hydrogen-bond acceptors (Lipinski definition) is 8. The van der Waals surface area contributed by atoms with Gasteiger partial charge in [0.25, 0.3) is 20.2 Å². The van der Waals surface area contributed by atoms with E-state index in [1.807, 2.05) is 0 Å². The molecule has 0 aliphatic carbocycles. The van der Waals surface area contributed by atoms with Gasteiger partial charge in [-0.05, 0) is 18.2 Å². The predicted molar refractivity (Wildman–Crippen MR) is 73.6 cm³/mol. The fourth-order valence-electron chi connectivity index (χ4n) is 1.41. The van der Waals surface area contributed by atoms with Crippen molar-refractivity contribution in [3.05, 3.63) is 29.5 Å². The summed E-state index contributed by atoms with van der Waals surface area (Å²) >= 11 is 0. The second-order valence-corrected chi connectivity index (χ2v) is 6.63. The van der Waals surface area contributed by atoms with Crippen LogP contribution in [-0.2, 0) is 20.2 Å². The highest BCUT2D eigenvalue weighted by Crippen LogP contribution is 2.26. The third kappa shape index (κ3) is 4.26. The molecule has 12 heteroatoms. The monoisotopic (exact) mass is 354 g/mol. The second-order valence-electron chi connectivity index (χ2n) is 3.82. The van der Waals surface area contributed by atoms with Crippen LogP contribution in [0.5, 0.6) is 0 Å². The zero-order valence-corrected chi connectivity index (χ0v) is 12.6. The lowest BCUT2D eigenvalue weighted by Gasteiger charge is -2.10. The van der Waals surface area contributed by atoms with Crippen molar-refractivity contribution in [1.82, 2.24) is 0 Å². The summed E-state index contributed by atoms with van der Waals surface area (Å²) in [4.78, 5) is -1.56. The molecule has 1 aromatic carbocycles. The first kappa shape index (κ1) is 18.1. The lowest BCUT2D eigenvalue weighted by atomic mass is 10.2. The van der Waals surface area contributed by atoms with Crippen molar-refractivity contribution in [3.63, 3.8) is 0 Å². The third-order valence-electron chi connectivity index (χ3n) is 2.37. The van der Waals surface area contributed by atoms with E-state index in [0.29, 0.717) is 18.2 Å². The minimum absolute atomic E-state index is 0.613. The highest BCUT2D eigenvalue weighted by atomic mass is 32.2. The fourth-order valence-corrected chi connectivity index (χ4v) is 2.54. The topological polar surface area (TPSA) is 192 Å². The van der Waals surface area contributed by atoms with E-state index < -0.39 is 47.0 Å². The van der Waals surface area contributed by atoms with Crippen molar-refractivity contribution in [2.75, 3.05) is 5.32 Å². The fraction of sp³-hybridized carbons (Fsp3) is 0. The van der Waals surface area contributed by atoms with Gasteiger partial charge in [-0.1, -0.05) is 0 Å². The quantitative estimate of drug-likeness (QED) is 0.503. The molecule has 1 aromatic rings. The zero-order valence-electron chi connectivity index (χ0n) is 10.9. The van der Waals surface area contributed by atoms with E-state index in [9.17, 15) is 16.8 Å². The van der Waals surface area contributed by atoms with Crippen molar-refractivity contribution in [2.45, 2.75) is 9.79 Å². The maximum absolute atomic E-state index is 11.3. The molecule has 0 aliphatic heterocycles. The van der Waals surface area contributed by atoms with Gasteiger partial charge < -0.3 is 5.32 Å². The molecule has 0 heterocycles. The number of benzene rings is 1. The van der Waals surface area contributed by atoms with E-state index in [0.717, 1.165) is 0 Å². The second kappa shape index (κ2) is 6.44. The largest absolute Gasteiger partial charge is 0.344 e. The molecule has 0 spiro atoms. The average Bonchev–Trinajstić information content (AvgIpc) is 2.45. The first-order chi connectivity index (χ1) is 10.5. The predicted octanol–water partition coefficient (Wildman–Crippen LogP) is 0.417. The summed E-state index contributed by atoms with van der Waals surface area (Å²) in [6.45, 7) is 0. The van der Waals surface area contributed by atoms with Crippen LogP contribution in [0.4, 0.5) is 5.69 Å². The molecule has 0 radical (unpaired) electrons. The van der Waals surface area contributed by atoms with Gasteiger partial charge in [0.15, 0.2) is 5.57 Å². The Morgan fingerprint density at radius 3 is 1.91 bits per heavy atom. The van der Waals surface area contributed by atoms with Crippen LogP contribution < -0.4 is 5.32 Å². The number of hydrogen-bond donors (Lipinski definition) is 3. The Morgan fingerprint density at radius 2 is 1.52 bits per heavy atom. The maximum Gasteiger partial charge on any atom is 0.296 e. The Bertz CT molecular complexity index is 1000. The highest BCUT2D eigenvalue weighted by molar-refractivity contribution is 7.86. The van der Waals surface area contributed by atoms with Gasteiger partial charge in [-0.25, -0.2) is 0 Å². The van der Waals surface area contributed by atoms with Gasteiger partial charge in [0.1, 0.15) is 28.8 Å². The van der Waals surface area contributed by atoms with E-state index >= 15 is 0 Å². The number of allylic oxidation sites excluding steroid dienone is 2. The van der Waals surface area contributed by atoms with Gasteiger partial charge in [-0.15, -0.1) is 0 Å². The van der Waals surface area contributed by atoms with Crippen LogP contribution in [0, 0.1) is 34.0 Å². The Labute approximate surface area is 131 Å². The van der Waals surface area contributed by atoms with Gasteiger partial charge in [-0.3, -0.25) is 9.11 Å². The number of nitrogens with zero attached hydrogens (tertiary/aromatic N) is 3. The Balaban J connectivity index is 3.69. The summed E-state index contributed by atoms with van der Waals surface area (Å²) in [5.74, 6) is 0. The summed E-state index contributed by atoms with van der Waals surface area (Å²) < 4.78 is 62.7. The average molecular weight is 354 g/mol. The van der Waals surface area contributed by atoms with Crippen LogP contribution >= 0.6 is 0 Å². The molecule has 0 aromatic heterocycles. The van der Waals surface area contributed by atoms with Crippen LogP contribution in [0.15, 0.2) is 39.3 Å². The molecule has 3 N–H and O–H groups in total. The van der Waals surface area contributed by atoms with Crippen molar-refractivity contribution in [3.8, 4) is 18.2 Å². The first-order valence-corrected chi connectivity index (χ1v) is 8.23. The van der Waals surface area contributed by atoms with Gasteiger partial charge in [0.2, 0.25) is 0 Å². The molecule has 23 heavy (non-hydrogen) atoms. The summed E-state index contributed by atoms with van der Waals surface area (Å²) in [5, 5.41) is 28.4. The number of rotatable bonds is 4. The normalized spacial score (nSPS) is 10.7. The summed E-state index contributed by atoms with van der Waals surface area (Å²) in [6.07, 6.45) is 0. The molecule has 1 rings (SSSR count). The molecular formula is C11H6N4O6S2. The van der Waals surface area contributed by atoms with E-state index in [4.69, 9.17) is 24.9 Å². The summed E-state index contributed by atoms with van der Waals surface area (Å²) in [7, 11) is -9.53. The number of anilines is 1. The Kier molecular flexibility index (Phi) is 5.07. The lowest BCUT2D eigenvalue weighted by molar-refractivity contribution is 0.479. The Morgan fingerprint density at radius 1 is 0.957 bits per heavy atom. The first-order valence-electron chi connectivity index (χ1n) is 5.35. The van der Waals surface area contributed by atoms with Crippen molar-refractivity contribution >= 4 is 25.9 Å². The molecule has 118 valence electrons. The van der Waals surface area contributed by atoms with Gasteiger partial charge in [0, 0.05) is 0 Å². The van der Waals surface area contributed by atoms with Gasteiger partial charge in [0.05, 0.1) is 10.6 Å². The van der Waals surface area contributed by atoms with Crippen molar-refractivity contribution in [1.29, 1.82) is 15.8 Å². The van der Waals surface area contributed by atoms with Gasteiger partial charge in [-0.2, -0.15) is 32.6 Å². The molecule has 0 amide bonds. The SMILES string of the molecule is N#CC(C#N)=C(C#N)Nc1cc(S(=O)(=O)O)ccc1S(=O)(=O)O. The summed E-state index contributed by atoms with van der Waals surface area (Å²) in [6, 6.07) is 6.16. The molecule has 0 unspecified atom stereocenters. The molecular weight excluding hydrogens is 348 g/mol. The third-order valence-corrected chi connectivity index (χ3v) is 4.13. The Hall–Kier alpha value is -2.95. The highest BCUT2D eigenvalue weighted by Gasteiger charge is 2.21. The maximum atomic E-state index is 11.3. The summed E-state index contributed by atoms with van der Waals surface area (Å²) in [5.41, 5.74) is -2.00. The van der Waals surface area contributed by atoms with Crippen LogP contribution in [0.1, 0.15) is 0 Å². The van der Waals surface area contributed by atoms with E-state index in [-0.39, 0.29) is 0 Å². The minimum atomic E-state index is -4.83. The number of nitrogens with one attached hydrogen (secondary N) is 1. The zero-order chi connectivity index (χ0) is 17.8. The smallest absolute Gasteiger partial charge is 0.296 e. The van der Waals surface area contributed by atoms with Crippen LogP contribution in [0.3, 0.4) is 0 Å². The molecule has 0 saturated heterocycles. The van der Waals surface area contributed by atoms with E-state index in [2.05, 4.69) is 5.32 Å². The van der Waals surface area contributed by atoms with Crippen LogP contribution in [-0.4, -0.2) is 25.9 Å². The number of nitriles is 3. The standard InChI is InChI=1S/C11H6N4O6S2/c12-4-7(5-13)10(6-14)15-9-3-8(22(16,17)18)1-2-11(9)23(19,20)21/h1-3,15H,(H,16,17,18)(H,19,20,21). The van der Waals surface area contributed by atoms with Crippen molar-refractivity contribution in [2.24, 2.45) is 0 Å². The van der Waals surface area contributed by atoms with Crippen molar-refractivity contribution < 1.29 is 25.9 Å². The van der Waals surface area contributed by atoms with Crippen LogP contribution in [0.2, 0.25) is 0 Å². The molecule has 0 atom stereocenters. The van der Waals surface area contributed by atoms with Crippen LogP contribution in [0.25, 0.3) is 0 Å². The molecule has 0 fully saturated rings.